The molecule has 30 heavy (non-hydrogen) atoms. The summed E-state index contributed by atoms with van der Waals surface area (Å²) in [7, 11) is 0. The normalized spacial score (nSPS) is 16.2. The topological polar surface area (TPSA) is 62.7 Å². The first-order chi connectivity index (χ1) is 14.5. The molecule has 3 rings (SSSR count). The molecule has 6 nitrogen and oxygen atoms in total. The summed E-state index contributed by atoms with van der Waals surface area (Å²) in [4.78, 5) is 33.3. The van der Waals surface area contributed by atoms with Gasteiger partial charge in [0.1, 0.15) is 0 Å². The lowest BCUT2D eigenvalue weighted by atomic mass is 9.96. The minimum absolute atomic E-state index is 0.0132. The second-order valence-electron chi connectivity index (χ2n) is 7.25. The predicted molar refractivity (Wildman–Crippen MR) is 116 cm³/mol. The van der Waals surface area contributed by atoms with Crippen LogP contribution >= 0.6 is 23.2 Å². The molecule has 1 unspecified atom stereocenters. The van der Waals surface area contributed by atoms with Crippen LogP contribution in [0.3, 0.4) is 0 Å². The van der Waals surface area contributed by atoms with E-state index in [9.17, 15) is 9.59 Å². The average Bonchev–Trinajstić information content (AvgIpc) is 2.76. The number of hydrogen-bond donors (Lipinski definition) is 0. The van der Waals surface area contributed by atoms with Gasteiger partial charge in [-0.1, -0.05) is 35.3 Å². The van der Waals surface area contributed by atoms with Crippen molar-refractivity contribution in [3.8, 4) is 0 Å². The molecule has 1 aliphatic rings. The Labute approximate surface area is 186 Å². The van der Waals surface area contributed by atoms with Crippen molar-refractivity contribution in [2.24, 2.45) is 5.92 Å². The average molecular weight is 450 g/mol. The Bertz CT molecular complexity index is 879. The first kappa shape index (κ1) is 22.4. The number of nitrogens with zero attached hydrogens (tertiary/aromatic N) is 3. The zero-order valence-electron chi connectivity index (χ0n) is 16.9. The molecule has 0 radical (unpaired) electrons. The lowest BCUT2D eigenvalue weighted by Crippen LogP contribution is -2.46. The van der Waals surface area contributed by atoms with Gasteiger partial charge in [-0.25, -0.2) is 4.79 Å². The molecule has 0 saturated carbocycles. The Hall–Kier alpha value is -2.31. The fraction of sp³-hybridized carbons (Fsp3) is 0.409. The van der Waals surface area contributed by atoms with E-state index < -0.39 is 0 Å². The first-order valence-corrected chi connectivity index (χ1v) is 10.8. The van der Waals surface area contributed by atoms with E-state index in [4.69, 9.17) is 27.9 Å². The number of halogens is 2. The molecule has 2 heterocycles. The number of pyridine rings is 1. The van der Waals surface area contributed by atoms with E-state index in [1.165, 1.54) is 0 Å². The molecule has 8 heteroatoms. The van der Waals surface area contributed by atoms with Crippen LogP contribution in [-0.2, 0) is 22.6 Å². The van der Waals surface area contributed by atoms with Gasteiger partial charge in [0.05, 0.1) is 34.8 Å². The maximum absolute atomic E-state index is 13.4. The summed E-state index contributed by atoms with van der Waals surface area (Å²) >= 11 is 12.2. The summed E-state index contributed by atoms with van der Waals surface area (Å²) in [5.41, 5.74) is 1.68. The Balaban J connectivity index is 1.78. The van der Waals surface area contributed by atoms with Crippen molar-refractivity contribution in [3.63, 3.8) is 0 Å². The van der Waals surface area contributed by atoms with Gasteiger partial charge in [-0.05, 0) is 49.6 Å². The summed E-state index contributed by atoms with van der Waals surface area (Å²) < 4.78 is 5.11. The molecule has 0 spiro atoms. The van der Waals surface area contributed by atoms with Crippen molar-refractivity contribution < 1.29 is 14.3 Å². The monoisotopic (exact) mass is 449 g/mol. The number of amides is 2. The number of piperidine rings is 1. The third-order valence-electron chi connectivity index (χ3n) is 5.04. The van der Waals surface area contributed by atoms with Crippen molar-refractivity contribution >= 4 is 35.2 Å². The Morgan fingerprint density at radius 3 is 2.73 bits per heavy atom. The zero-order valence-corrected chi connectivity index (χ0v) is 18.4. The number of hydrogen-bond acceptors (Lipinski definition) is 4. The molecule has 2 amide bonds. The molecule has 160 valence electrons. The predicted octanol–water partition coefficient (Wildman–Crippen LogP) is 4.79. The summed E-state index contributed by atoms with van der Waals surface area (Å²) in [6, 6.07) is 11.0. The summed E-state index contributed by atoms with van der Waals surface area (Å²) in [5, 5.41) is 0.922. The number of likely N-dealkylation sites (tertiary alicyclic amines) is 1. The highest BCUT2D eigenvalue weighted by Gasteiger charge is 2.32. The van der Waals surface area contributed by atoms with Gasteiger partial charge in [-0.15, -0.1) is 0 Å². The second kappa shape index (κ2) is 10.6. The summed E-state index contributed by atoms with van der Waals surface area (Å²) in [6.07, 6.45) is 2.84. The minimum atomic E-state index is -0.365. The molecule has 2 aromatic rings. The van der Waals surface area contributed by atoms with E-state index in [0.29, 0.717) is 42.8 Å². The SMILES string of the molecule is CCOC(=O)N1CCCC(C(=O)N(Cc2ccc(Cl)c(Cl)c2)Cc2ccccn2)C1. The largest absolute Gasteiger partial charge is 0.450 e. The molecular weight excluding hydrogens is 425 g/mol. The van der Waals surface area contributed by atoms with E-state index >= 15 is 0 Å². The lowest BCUT2D eigenvalue weighted by Gasteiger charge is -2.34. The van der Waals surface area contributed by atoms with Crippen LogP contribution in [0.5, 0.6) is 0 Å². The summed E-state index contributed by atoms with van der Waals surface area (Å²) in [6.45, 7) is 3.80. The molecule has 1 saturated heterocycles. The third-order valence-corrected chi connectivity index (χ3v) is 5.78. The van der Waals surface area contributed by atoms with Crippen LogP contribution in [0.4, 0.5) is 4.79 Å². The maximum atomic E-state index is 13.4. The van der Waals surface area contributed by atoms with Crippen molar-refractivity contribution in [1.82, 2.24) is 14.8 Å². The summed E-state index contributed by atoms with van der Waals surface area (Å²) in [5.74, 6) is -0.296. The zero-order chi connectivity index (χ0) is 21.5. The fourth-order valence-corrected chi connectivity index (χ4v) is 3.90. The molecule has 0 N–H and O–H groups in total. The van der Waals surface area contributed by atoms with E-state index in [0.717, 1.165) is 24.1 Å². The highest BCUT2D eigenvalue weighted by molar-refractivity contribution is 6.42. The molecule has 1 aromatic carbocycles. The number of carbonyl (C=O) groups excluding carboxylic acids is 2. The van der Waals surface area contributed by atoms with E-state index in [1.54, 1.807) is 35.1 Å². The molecule has 0 aliphatic carbocycles. The standard InChI is InChI=1S/C22H25Cl2N3O3/c1-2-30-22(29)26-11-5-6-17(14-26)21(28)27(15-18-7-3-4-10-25-18)13-16-8-9-19(23)20(24)12-16/h3-4,7-10,12,17H,2,5-6,11,13-15H2,1H3. The van der Waals surface area contributed by atoms with Gasteiger partial charge >= 0.3 is 6.09 Å². The number of carbonyl (C=O) groups is 2. The van der Waals surface area contributed by atoms with Crippen LogP contribution in [0.1, 0.15) is 31.0 Å². The maximum Gasteiger partial charge on any atom is 0.409 e. The van der Waals surface area contributed by atoms with Crippen LogP contribution in [-0.4, -0.2) is 46.5 Å². The second-order valence-corrected chi connectivity index (χ2v) is 8.06. The Morgan fingerprint density at radius 2 is 2.03 bits per heavy atom. The Morgan fingerprint density at radius 1 is 1.20 bits per heavy atom. The van der Waals surface area contributed by atoms with E-state index in [-0.39, 0.29) is 17.9 Å². The third kappa shape index (κ3) is 5.86. The van der Waals surface area contributed by atoms with E-state index in [1.807, 2.05) is 24.3 Å². The molecule has 0 bridgehead atoms. The van der Waals surface area contributed by atoms with Gasteiger partial charge in [0.2, 0.25) is 5.91 Å². The first-order valence-electron chi connectivity index (χ1n) is 10.0. The van der Waals surface area contributed by atoms with Gasteiger partial charge in [-0.2, -0.15) is 0 Å². The van der Waals surface area contributed by atoms with Crippen LogP contribution in [0.2, 0.25) is 10.0 Å². The molecule has 1 aliphatic heterocycles. The minimum Gasteiger partial charge on any atom is -0.450 e. The molecule has 1 atom stereocenters. The van der Waals surface area contributed by atoms with Gasteiger partial charge < -0.3 is 14.5 Å². The molecular formula is C22H25Cl2N3O3. The van der Waals surface area contributed by atoms with Gasteiger partial charge in [0.25, 0.3) is 0 Å². The van der Waals surface area contributed by atoms with Gasteiger partial charge in [-0.3, -0.25) is 9.78 Å². The van der Waals surface area contributed by atoms with Crippen molar-refractivity contribution in [2.75, 3.05) is 19.7 Å². The van der Waals surface area contributed by atoms with Crippen molar-refractivity contribution in [2.45, 2.75) is 32.9 Å². The smallest absolute Gasteiger partial charge is 0.409 e. The number of aromatic nitrogens is 1. The van der Waals surface area contributed by atoms with Crippen molar-refractivity contribution in [1.29, 1.82) is 0 Å². The highest BCUT2D eigenvalue weighted by atomic mass is 35.5. The van der Waals surface area contributed by atoms with Crippen LogP contribution in [0, 0.1) is 5.92 Å². The fourth-order valence-electron chi connectivity index (χ4n) is 3.57. The quantitative estimate of drug-likeness (QED) is 0.635. The van der Waals surface area contributed by atoms with Crippen LogP contribution in [0.15, 0.2) is 42.6 Å². The van der Waals surface area contributed by atoms with E-state index in [2.05, 4.69) is 4.98 Å². The number of rotatable bonds is 6. The number of benzene rings is 1. The highest BCUT2D eigenvalue weighted by Crippen LogP contribution is 2.25. The van der Waals surface area contributed by atoms with Crippen molar-refractivity contribution in [3.05, 3.63) is 63.9 Å². The lowest BCUT2D eigenvalue weighted by molar-refractivity contribution is -0.138. The van der Waals surface area contributed by atoms with Crippen LogP contribution in [0.25, 0.3) is 0 Å². The number of ether oxygens (including phenoxy) is 1. The van der Waals surface area contributed by atoms with Gasteiger partial charge in [0, 0.05) is 25.8 Å². The van der Waals surface area contributed by atoms with Gasteiger partial charge in [0.15, 0.2) is 0 Å². The molecule has 1 aromatic heterocycles. The molecule has 1 fully saturated rings. The Kier molecular flexibility index (Phi) is 7.94. The van der Waals surface area contributed by atoms with Crippen LogP contribution < -0.4 is 0 Å².